The second kappa shape index (κ2) is 5.32. The van der Waals surface area contributed by atoms with Gasteiger partial charge in [-0.1, -0.05) is 37.3 Å². The largest absolute Gasteiger partial charge is 0.299 e. The standard InChI is InChI=1S/C14H21N/c1-13-8-10-15(11-9-13)12-14-6-4-2-3-5-7-14/h2-4,6-7,13H,5,8-12H2,1H3. The molecule has 15 heavy (non-hydrogen) atoms. The lowest BCUT2D eigenvalue weighted by molar-refractivity contribution is 0.207. The third kappa shape index (κ3) is 3.35. The van der Waals surface area contributed by atoms with E-state index in [2.05, 4.69) is 42.2 Å². The van der Waals surface area contributed by atoms with Crippen LogP contribution in [0.5, 0.6) is 0 Å². The smallest absolute Gasteiger partial charge is 0.0230 e. The SMILES string of the molecule is CC1CCN(CC2=CCC=CC=C2)CC1. The molecule has 0 radical (unpaired) electrons. The number of hydrogen-bond acceptors (Lipinski definition) is 1. The Morgan fingerprint density at radius 3 is 2.87 bits per heavy atom. The first kappa shape index (κ1) is 10.7. The lowest BCUT2D eigenvalue weighted by Crippen LogP contribution is -2.34. The van der Waals surface area contributed by atoms with Crippen LogP contribution in [0.1, 0.15) is 26.2 Å². The van der Waals surface area contributed by atoms with Crippen molar-refractivity contribution in [3.63, 3.8) is 0 Å². The maximum atomic E-state index is 2.58. The highest BCUT2D eigenvalue weighted by Crippen LogP contribution is 2.17. The predicted octanol–water partition coefficient (Wildman–Crippen LogP) is 3.16. The van der Waals surface area contributed by atoms with Gasteiger partial charge in [0.15, 0.2) is 0 Å². The molecular weight excluding hydrogens is 182 g/mol. The summed E-state index contributed by atoms with van der Waals surface area (Å²) < 4.78 is 0. The Morgan fingerprint density at radius 1 is 1.27 bits per heavy atom. The van der Waals surface area contributed by atoms with Crippen LogP contribution in [0, 0.1) is 5.92 Å². The first-order valence-electron chi connectivity index (χ1n) is 6.09. The van der Waals surface area contributed by atoms with Crippen molar-refractivity contribution in [1.29, 1.82) is 0 Å². The van der Waals surface area contributed by atoms with Gasteiger partial charge in [0.05, 0.1) is 0 Å². The van der Waals surface area contributed by atoms with Gasteiger partial charge in [-0.05, 0) is 43.8 Å². The van der Waals surface area contributed by atoms with Gasteiger partial charge in [0.2, 0.25) is 0 Å². The molecule has 0 N–H and O–H groups in total. The number of piperidine rings is 1. The van der Waals surface area contributed by atoms with Gasteiger partial charge in [-0.25, -0.2) is 0 Å². The highest BCUT2D eigenvalue weighted by Gasteiger charge is 2.15. The van der Waals surface area contributed by atoms with E-state index in [-0.39, 0.29) is 0 Å². The monoisotopic (exact) mass is 203 g/mol. The van der Waals surface area contributed by atoms with Crippen LogP contribution >= 0.6 is 0 Å². The second-order valence-corrected chi connectivity index (χ2v) is 4.76. The Kier molecular flexibility index (Phi) is 3.79. The summed E-state index contributed by atoms with van der Waals surface area (Å²) in [6.45, 7) is 6.07. The van der Waals surface area contributed by atoms with Crippen molar-refractivity contribution in [1.82, 2.24) is 4.90 Å². The van der Waals surface area contributed by atoms with Crippen LogP contribution in [0.4, 0.5) is 0 Å². The molecule has 0 bridgehead atoms. The number of likely N-dealkylation sites (tertiary alicyclic amines) is 1. The molecule has 2 aliphatic rings. The maximum absolute atomic E-state index is 2.58. The van der Waals surface area contributed by atoms with Crippen LogP contribution in [0.15, 0.2) is 36.0 Å². The molecule has 0 spiro atoms. The van der Waals surface area contributed by atoms with Crippen molar-refractivity contribution in [2.45, 2.75) is 26.2 Å². The fourth-order valence-electron chi connectivity index (χ4n) is 2.22. The molecular formula is C14H21N. The van der Waals surface area contributed by atoms with Crippen LogP contribution in [0.3, 0.4) is 0 Å². The summed E-state index contributed by atoms with van der Waals surface area (Å²) in [4.78, 5) is 2.58. The van der Waals surface area contributed by atoms with Gasteiger partial charge >= 0.3 is 0 Å². The molecule has 1 fully saturated rings. The Bertz CT molecular complexity index is 278. The molecule has 1 heteroatoms. The highest BCUT2D eigenvalue weighted by atomic mass is 15.1. The van der Waals surface area contributed by atoms with Crippen LogP contribution in [0.25, 0.3) is 0 Å². The van der Waals surface area contributed by atoms with Crippen molar-refractivity contribution < 1.29 is 0 Å². The third-order valence-electron chi connectivity index (χ3n) is 3.36. The van der Waals surface area contributed by atoms with Crippen molar-refractivity contribution in [3.05, 3.63) is 36.0 Å². The van der Waals surface area contributed by atoms with Crippen LogP contribution in [-0.4, -0.2) is 24.5 Å². The van der Waals surface area contributed by atoms with E-state index in [0.717, 1.165) is 18.9 Å². The van der Waals surface area contributed by atoms with E-state index < -0.39 is 0 Å². The molecule has 1 nitrogen and oxygen atoms in total. The molecule has 1 aliphatic carbocycles. The van der Waals surface area contributed by atoms with Gasteiger partial charge in [-0.15, -0.1) is 0 Å². The van der Waals surface area contributed by atoms with E-state index in [9.17, 15) is 0 Å². The Labute approximate surface area is 93.2 Å². The molecule has 1 heterocycles. The summed E-state index contributed by atoms with van der Waals surface area (Å²) in [5, 5.41) is 0. The minimum Gasteiger partial charge on any atom is -0.299 e. The molecule has 2 rings (SSSR count). The zero-order valence-electron chi connectivity index (χ0n) is 9.65. The van der Waals surface area contributed by atoms with Crippen LogP contribution in [0.2, 0.25) is 0 Å². The van der Waals surface area contributed by atoms with Gasteiger partial charge in [-0.2, -0.15) is 0 Å². The number of allylic oxidation sites excluding steroid dienone is 4. The molecule has 0 amide bonds. The number of hydrogen-bond donors (Lipinski definition) is 0. The van der Waals surface area contributed by atoms with Crippen molar-refractivity contribution in [2.75, 3.05) is 19.6 Å². The Morgan fingerprint density at radius 2 is 2.07 bits per heavy atom. The summed E-state index contributed by atoms with van der Waals surface area (Å²) in [5.41, 5.74) is 1.48. The average Bonchev–Trinajstić information content (AvgIpc) is 2.50. The van der Waals surface area contributed by atoms with E-state index in [0.29, 0.717) is 0 Å². The lowest BCUT2D eigenvalue weighted by Gasteiger charge is -2.30. The van der Waals surface area contributed by atoms with Gasteiger partial charge in [0.1, 0.15) is 0 Å². The molecule has 82 valence electrons. The lowest BCUT2D eigenvalue weighted by atomic mass is 9.99. The molecule has 0 saturated carbocycles. The van der Waals surface area contributed by atoms with Gasteiger partial charge in [0, 0.05) is 6.54 Å². The molecule has 1 aliphatic heterocycles. The molecule has 0 aromatic rings. The molecule has 0 atom stereocenters. The molecule has 0 unspecified atom stereocenters. The molecule has 0 aromatic carbocycles. The van der Waals surface area contributed by atoms with E-state index >= 15 is 0 Å². The van der Waals surface area contributed by atoms with E-state index in [1.165, 1.54) is 31.5 Å². The zero-order chi connectivity index (χ0) is 10.5. The van der Waals surface area contributed by atoms with Crippen molar-refractivity contribution in [2.24, 2.45) is 5.92 Å². The number of nitrogens with zero attached hydrogens (tertiary/aromatic N) is 1. The van der Waals surface area contributed by atoms with Crippen molar-refractivity contribution >= 4 is 0 Å². The summed E-state index contributed by atoms with van der Waals surface area (Å²) in [5.74, 6) is 0.932. The highest BCUT2D eigenvalue weighted by molar-refractivity contribution is 5.27. The summed E-state index contributed by atoms with van der Waals surface area (Å²) in [6.07, 6.45) is 14.9. The summed E-state index contributed by atoms with van der Waals surface area (Å²) >= 11 is 0. The van der Waals surface area contributed by atoms with Crippen molar-refractivity contribution in [3.8, 4) is 0 Å². The van der Waals surface area contributed by atoms with Gasteiger partial charge in [-0.3, -0.25) is 4.90 Å². The van der Waals surface area contributed by atoms with Gasteiger partial charge < -0.3 is 0 Å². The quantitative estimate of drug-likeness (QED) is 0.666. The third-order valence-corrected chi connectivity index (χ3v) is 3.36. The first-order chi connectivity index (χ1) is 7.34. The summed E-state index contributed by atoms with van der Waals surface area (Å²) in [6, 6.07) is 0. The van der Waals surface area contributed by atoms with E-state index in [1.54, 1.807) is 0 Å². The Balaban J connectivity index is 1.84. The fraction of sp³-hybridized carbons (Fsp3) is 0.571. The van der Waals surface area contributed by atoms with E-state index in [4.69, 9.17) is 0 Å². The molecule has 1 saturated heterocycles. The first-order valence-corrected chi connectivity index (χ1v) is 6.09. The van der Waals surface area contributed by atoms with Crippen LogP contribution in [-0.2, 0) is 0 Å². The zero-order valence-corrected chi connectivity index (χ0v) is 9.65. The minimum atomic E-state index is 0.932. The second-order valence-electron chi connectivity index (χ2n) is 4.76. The topological polar surface area (TPSA) is 3.24 Å². The average molecular weight is 203 g/mol. The van der Waals surface area contributed by atoms with Crippen LogP contribution < -0.4 is 0 Å². The summed E-state index contributed by atoms with van der Waals surface area (Å²) in [7, 11) is 0. The maximum Gasteiger partial charge on any atom is 0.0230 e. The van der Waals surface area contributed by atoms with E-state index in [1.807, 2.05) is 0 Å². The number of rotatable bonds is 2. The molecule has 0 aromatic heterocycles. The Hall–Kier alpha value is -0.820. The van der Waals surface area contributed by atoms with Gasteiger partial charge in [0.25, 0.3) is 0 Å². The minimum absolute atomic E-state index is 0.932. The fourth-order valence-corrected chi connectivity index (χ4v) is 2.22. The predicted molar refractivity (Wildman–Crippen MR) is 65.8 cm³/mol. The normalized spacial score (nSPS) is 23.9.